The second kappa shape index (κ2) is 4.77. The number of thiophene rings is 1. The summed E-state index contributed by atoms with van der Waals surface area (Å²) in [6.07, 6.45) is 0.573. The number of hydrogen-bond acceptors (Lipinski definition) is 3. The third-order valence-electron chi connectivity index (χ3n) is 2.75. The standard InChI is InChI=1S/C11H16N2OS/c1-9-2-7-15-10(9)8-11(14)13-5-3-12-4-6-13/h2,7,12H,3-6,8H2,1H3. The zero-order chi connectivity index (χ0) is 10.7. The monoisotopic (exact) mass is 224 g/mol. The molecule has 15 heavy (non-hydrogen) atoms. The van der Waals surface area contributed by atoms with E-state index in [9.17, 15) is 4.79 Å². The van der Waals surface area contributed by atoms with Crippen LogP contribution in [0.5, 0.6) is 0 Å². The predicted molar refractivity (Wildman–Crippen MR) is 62.2 cm³/mol. The topological polar surface area (TPSA) is 32.3 Å². The van der Waals surface area contributed by atoms with Crippen LogP contribution in [0.3, 0.4) is 0 Å². The molecule has 2 heterocycles. The number of aryl methyl sites for hydroxylation is 1. The lowest BCUT2D eigenvalue weighted by Crippen LogP contribution is -2.46. The first-order valence-corrected chi connectivity index (χ1v) is 6.17. The average molecular weight is 224 g/mol. The molecule has 1 N–H and O–H groups in total. The molecule has 1 fully saturated rings. The van der Waals surface area contributed by atoms with Gasteiger partial charge in [0, 0.05) is 31.1 Å². The lowest BCUT2D eigenvalue weighted by atomic mass is 10.2. The highest BCUT2D eigenvalue weighted by Gasteiger charge is 2.17. The van der Waals surface area contributed by atoms with E-state index in [1.807, 2.05) is 4.90 Å². The normalized spacial score (nSPS) is 16.7. The highest BCUT2D eigenvalue weighted by Crippen LogP contribution is 2.17. The SMILES string of the molecule is Cc1ccsc1CC(=O)N1CCNCC1. The van der Waals surface area contributed by atoms with Crippen molar-refractivity contribution in [3.8, 4) is 0 Å². The summed E-state index contributed by atoms with van der Waals surface area (Å²) in [6.45, 7) is 5.62. The minimum atomic E-state index is 0.266. The van der Waals surface area contributed by atoms with Gasteiger partial charge in [0.2, 0.25) is 5.91 Å². The summed E-state index contributed by atoms with van der Waals surface area (Å²) in [5.41, 5.74) is 1.24. The van der Waals surface area contributed by atoms with Crippen LogP contribution >= 0.6 is 11.3 Å². The maximum absolute atomic E-state index is 11.9. The summed E-state index contributed by atoms with van der Waals surface area (Å²) in [4.78, 5) is 15.1. The molecule has 0 aromatic carbocycles. The van der Waals surface area contributed by atoms with Crippen molar-refractivity contribution in [1.82, 2.24) is 10.2 Å². The van der Waals surface area contributed by atoms with E-state index in [0.717, 1.165) is 26.2 Å². The molecule has 0 atom stereocenters. The molecule has 0 radical (unpaired) electrons. The van der Waals surface area contributed by atoms with Gasteiger partial charge in [-0.3, -0.25) is 4.79 Å². The molecule has 0 bridgehead atoms. The number of amides is 1. The van der Waals surface area contributed by atoms with Crippen molar-refractivity contribution in [3.63, 3.8) is 0 Å². The molecule has 1 aliphatic heterocycles. The molecule has 3 nitrogen and oxygen atoms in total. The molecule has 0 unspecified atom stereocenters. The summed E-state index contributed by atoms with van der Waals surface area (Å²) in [5.74, 6) is 0.266. The second-order valence-corrected chi connectivity index (χ2v) is 4.84. The highest BCUT2D eigenvalue weighted by molar-refractivity contribution is 7.10. The lowest BCUT2D eigenvalue weighted by Gasteiger charge is -2.27. The van der Waals surface area contributed by atoms with Crippen LogP contribution in [0.1, 0.15) is 10.4 Å². The first-order valence-electron chi connectivity index (χ1n) is 5.29. The molecule has 0 spiro atoms. The first-order chi connectivity index (χ1) is 7.27. The van der Waals surface area contributed by atoms with Gasteiger partial charge in [0.1, 0.15) is 0 Å². The van der Waals surface area contributed by atoms with Gasteiger partial charge >= 0.3 is 0 Å². The Bertz CT molecular complexity index is 342. The van der Waals surface area contributed by atoms with Gasteiger partial charge in [0.05, 0.1) is 6.42 Å². The van der Waals surface area contributed by atoms with Gasteiger partial charge in [-0.2, -0.15) is 0 Å². The maximum Gasteiger partial charge on any atom is 0.227 e. The Hall–Kier alpha value is -0.870. The Kier molecular flexibility index (Phi) is 3.38. The predicted octanol–water partition coefficient (Wildman–Crippen LogP) is 1.03. The van der Waals surface area contributed by atoms with Crippen LogP contribution in [-0.2, 0) is 11.2 Å². The van der Waals surface area contributed by atoms with Gasteiger partial charge in [0.15, 0.2) is 0 Å². The van der Waals surface area contributed by atoms with Crippen molar-refractivity contribution < 1.29 is 4.79 Å². The number of carbonyl (C=O) groups is 1. The average Bonchev–Trinajstić information content (AvgIpc) is 2.66. The van der Waals surface area contributed by atoms with E-state index in [4.69, 9.17) is 0 Å². The zero-order valence-corrected chi connectivity index (χ0v) is 9.77. The van der Waals surface area contributed by atoms with Crippen molar-refractivity contribution >= 4 is 17.2 Å². The van der Waals surface area contributed by atoms with E-state index < -0.39 is 0 Å². The molecule has 1 aromatic rings. The van der Waals surface area contributed by atoms with Gasteiger partial charge in [-0.15, -0.1) is 11.3 Å². The third kappa shape index (κ3) is 2.58. The van der Waals surface area contributed by atoms with Gasteiger partial charge in [0.25, 0.3) is 0 Å². The van der Waals surface area contributed by atoms with Crippen molar-refractivity contribution in [1.29, 1.82) is 0 Å². The van der Waals surface area contributed by atoms with E-state index in [-0.39, 0.29) is 5.91 Å². The number of nitrogens with one attached hydrogen (secondary N) is 1. The number of piperazine rings is 1. The largest absolute Gasteiger partial charge is 0.340 e. The minimum Gasteiger partial charge on any atom is -0.340 e. The maximum atomic E-state index is 11.9. The second-order valence-electron chi connectivity index (χ2n) is 3.83. The Balaban J connectivity index is 1.94. The Morgan fingerprint density at radius 2 is 2.27 bits per heavy atom. The molecule has 4 heteroatoms. The summed E-state index contributed by atoms with van der Waals surface area (Å²) >= 11 is 1.68. The van der Waals surface area contributed by atoms with Gasteiger partial charge in [-0.05, 0) is 23.9 Å². The number of nitrogens with zero attached hydrogens (tertiary/aromatic N) is 1. The third-order valence-corrected chi connectivity index (χ3v) is 3.77. The van der Waals surface area contributed by atoms with Crippen LogP contribution in [0.2, 0.25) is 0 Å². The molecular weight excluding hydrogens is 208 g/mol. The molecule has 1 amide bonds. The summed E-state index contributed by atoms with van der Waals surface area (Å²) in [7, 11) is 0. The molecule has 1 aromatic heterocycles. The fraction of sp³-hybridized carbons (Fsp3) is 0.545. The molecule has 1 saturated heterocycles. The number of carbonyl (C=O) groups excluding carboxylic acids is 1. The highest BCUT2D eigenvalue weighted by atomic mass is 32.1. The zero-order valence-electron chi connectivity index (χ0n) is 8.95. The summed E-state index contributed by atoms with van der Waals surface area (Å²) in [6, 6.07) is 2.07. The van der Waals surface area contributed by atoms with Crippen molar-refractivity contribution in [2.75, 3.05) is 26.2 Å². The lowest BCUT2D eigenvalue weighted by molar-refractivity contribution is -0.130. The smallest absolute Gasteiger partial charge is 0.227 e. The van der Waals surface area contributed by atoms with Gasteiger partial charge in [-0.25, -0.2) is 0 Å². The quantitative estimate of drug-likeness (QED) is 0.814. The van der Waals surface area contributed by atoms with Gasteiger partial charge in [-0.1, -0.05) is 0 Å². The van der Waals surface area contributed by atoms with E-state index in [1.165, 1.54) is 10.4 Å². The number of rotatable bonds is 2. The van der Waals surface area contributed by atoms with E-state index in [2.05, 4.69) is 23.7 Å². The van der Waals surface area contributed by atoms with Crippen molar-refractivity contribution in [3.05, 3.63) is 21.9 Å². The Labute approximate surface area is 94.1 Å². The van der Waals surface area contributed by atoms with Crippen LogP contribution < -0.4 is 5.32 Å². The number of hydrogen-bond donors (Lipinski definition) is 1. The molecular formula is C11H16N2OS. The van der Waals surface area contributed by atoms with Crippen LogP contribution in [0.15, 0.2) is 11.4 Å². The van der Waals surface area contributed by atoms with Crippen molar-refractivity contribution in [2.45, 2.75) is 13.3 Å². The minimum absolute atomic E-state index is 0.266. The fourth-order valence-electron chi connectivity index (χ4n) is 1.75. The Morgan fingerprint density at radius 1 is 1.53 bits per heavy atom. The van der Waals surface area contributed by atoms with E-state index in [1.54, 1.807) is 11.3 Å². The first kappa shape index (κ1) is 10.6. The summed E-state index contributed by atoms with van der Waals surface area (Å²) in [5, 5.41) is 5.30. The molecule has 2 rings (SSSR count). The fourth-order valence-corrected chi connectivity index (χ4v) is 2.65. The molecule has 1 aliphatic rings. The van der Waals surface area contributed by atoms with Crippen LogP contribution in [-0.4, -0.2) is 37.0 Å². The Morgan fingerprint density at radius 3 is 2.87 bits per heavy atom. The molecule has 0 aliphatic carbocycles. The van der Waals surface area contributed by atoms with Crippen LogP contribution in [0, 0.1) is 6.92 Å². The van der Waals surface area contributed by atoms with E-state index in [0.29, 0.717) is 6.42 Å². The van der Waals surface area contributed by atoms with E-state index >= 15 is 0 Å². The molecule has 0 saturated carbocycles. The van der Waals surface area contributed by atoms with Crippen LogP contribution in [0.4, 0.5) is 0 Å². The molecule has 82 valence electrons. The van der Waals surface area contributed by atoms with Crippen LogP contribution in [0.25, 0.3) is 0 Å². The van der Waals surface area contributed by atoms with Gasteiger partial charge < -0.3 is 10.2 Å². The summed E-state index contributed by atoms with van der Waals surface area (Å²) < 4.78 is 0. The van der Waals surface area contributed by atoms with Crippen molar-refractivity contribution in [2.24, 2.45) is 0 Å².